The van der Waals surface area contributed by atoms with Gasteiger partial charge < -0.3 is 15.4 Å². The van der Waals surface area contributed by atoms with Gasteiger partial charge >= 0.3 is 0 Å². The number of amides is 1. The molecular weight excluding hydrogens is 328 g/mol. The second kappa shape index (κ2) is 8.56. The van der Waals surface area contributed by atoms with Crippen LogP contribution in [0.15, 0.2) is 54.4 Å². The first-order valence-electron chi connectivity index (χ1n) is 7.02. The van der Waals surface area contributed by atoms with E-state index >= 15 is 0 Å². The minimum Gasteiger partial charge on any atom is -0.497 e. The van der Waals surface area contributed by atoms with Gasteiger partial charge in [0.25, 0.3) is 5.91 Å². The highest BCUT2D eigenvalue weighted by atomic mass is 35.5. The second-order valence-corrected chi connectivity index (χ2v) is 5.14. The third-order valence-electron chi connectivity index (χ3n) is 3.06. The molecule has 1 amide bonds. The molecule has 24 heavy (non-hydrogen) atoms. The number of carbonyl (C=O) groups excluding carboxylic acids is 1. The highest BCUT2D eigenvalue weighted by molar-refractivity contribution is 6.30. The van der Waals surface area contributed by atoms with E-state index in [0.29, 0.717) is 17.4 Å². The van der Waals surface area contributed by atoms with Crippen molar-refractivity contribution in [2.45, 2.75) is 6.54 Å². The Hall–Kier alpha value is -3.04. The molecule has 0 spiro atoms. The molecule has 6 nitrogen and oxygen atoms in total. The molecule has 0 radical (unpaired) electrons. The molecule has 2 rings (SSSR count). The maximum Gasteiger partial charge on any atom is 0.263 e. The second-order valence-electron chi connectivity index (χ2n) is 4.70. The number of benzene rings is 1. The molecule has 122 valence electrons. The molecular formula is C17H15ClN4O2. The number of hydrogen-bond donors (Lipinski definition) is 2. The van der Waals surface area contributed by atoms with Crippen molar-refractivity contribution in [2.24, 2.45) is 0 Å². The summed E-state index contributed by atoms with van der Waals surface area (Å²) in [6, 6.07) is 12.3. The quantitative estimate of drug-likeness (QED) is 0.622. The number of nitriles is 1. The number of hydrogen-bond acceptors (Lipinski definition) is 5. The van der Waals surface area contributed by atoms with Crippen molar-refractivity contribution in [3.63, 3.8) is 0 Å². The van der Waals surface area contributed by atoms with E-state index in [1.165, 1.54) is 12.4 Å². The van der Waals surface area contributed by atoms with Gasteiger partial charge in [0.2, 0.25) is 0 Å². The summed E-state index contributed by atoms with van der Waals surface area (Å²) < 4.78 is 5.07. The minimum atomic E-state index is -0.483. The first-order chi connectivity index (χ1) is 11.6. The topological polar surface area (TPSA) is 87.0 Å². The van der Waals surface area contributed by atoms with Crippen LogP contribution in [0, 0.1) is 11.3 Å². The van der Waals surface area contributed by atoms with Crippen molar-refractivity contribution in [1.29, 1.82) is 5.26 Å². The number of carbonyl (C=O) groups is 1. The molecule has 1 aromatic carbocycles. The van der Waals surface area contributed by atoms with E-state index in [0.717, 1.165) is 11.3 Å². The van der Waals surface area contributed by atoms with Gasteiger partial charge in [0, 0.05) is 24.0 Å². The van der Waals surface area contributed by atoms with E-state index in [1.807, 2.05) is 18.2 Å². The summed E-state index contributed by atoms with van der Waals surface area (Å²) in [5.74, 6) is 0.696. The molecule has 2 aromatic rings. The smallest absolute Gasteiger partial charge is 0.263 e. The predicted octanol–water partition coefficient (Wildman–Crippen LogP) is 2.88. The van der Waals surface area contributed by atoms with Gasteiger partial charge in [-0.3, -0.25) is 4.79 Å². The lowest BCUT2D eigenvalue weighted by molar-refractivity contribution is -0.117. The fourth-order valence-electron chi connectivity index (χ4n) is 1.80. The average Bonchev–Trinajstić information content (AvgIpc) is 2.61. The maximum atomic E-state index is 12.0. The van der Waals surface area contributed by atoms with Crippen molar-refractivity contribution in [3.05, 3.63) is 65.0 Å². The zero-order chi connectivity index (χ0) is 17.4. The van der Waals surface area contributed by atoms with Gasteiger partial charge in [-0.1, -0.05) is 23.7 Å². The van der Waals surface area contributed by atoms with E-state index in [4.69, 9.17) is 21.6 Å². The van der Waals surface area contributed by atoms with Crippen LogP contribution in [0.5, 0.6) is 5.75 Å². The lowest BCUT2D eigenvalue weighted by atomic mass is 10.2. The molecule has 0 bridgehead atoms. The highest BCUT2D eigenvalue weighted by Gasteiger charge is 2.08. The largest absolute Gasteiger partial charge is 0.497 e. The monoisotopic (exact) mass is 342 g/mol. The van der Waals surface area contributed by atoms with Gasteiger partial charge in [-0.25, -0.2) is 4.98 Å². The number of anilines is 1. The third kappa shape index (κ3) is 5.00. The Bertz CT molecular complexity index is 782. The van der Waals surface area contributed by atoms with E-state index in [2.05, 4.69) is 15.6 Å². The number of nitrogens with one attached hydrogen (secondary N) is 2. The lowest BCUT2D eigenvalue weighted by Gasteiger charge is -2.06. The Kier molecular flexibility index (Phi) is 6.17. The zero-order valence-corrected chi connectivity index (χ0v) is 13.7. The molecule has 0 unspecified atom stereocenters. The van der Waals surface area contributed by atoms with E-state index in [1.54, 1.807) is 31.4 Å². The van der Waals surface area contributed by atoms with Gasteiger partial charge in [-0.15, -0.1) is 0 Å². The number of halogens is 1. The number of rotatable bonds is 6. The zero-order valence-electron chi connectivity index (χ0n) is 12.9. The molecule has 0 saturated heterocycles. The lowest BCUT2D eigenvalue weighted by Crippen LogP contribution is -2.24. The molecule has 1 heterocycles. The molecule has 7 heteroatoms. The van der Waals surface area contributed by atoms with Crippen molar-refractivity contribution in [2.75, 3.05) is 12.4 Å². The Balaban J connectivity index is 1.95. The summed E-state index contributed by atoms with van der Waals surface area (Å²) >= 11 is 5.84. The Morgan fingerprint density at radius 1 is 1.38 bits per heavy atom. The Morgan fingerprint density at radius 3 is 2.75 bits per heavy atom. The van der Waals surface area contributed by atoms with E-state index < -0.39 is 5.91 Å². The molecule has 0 fully saturated rings. The minimum absolute atomic E-state index is 0.0645. The molecule has 0 aliphatic carbocycles. The predicted molar refractivity (Wildman–Crippen MR) is 91.4 cm³/mol. The van der Waals surface area contributed by atoms with Crippen LogP contribution < -0.4 is 15.4 Å². The van der Waals surface area contributed by atoms with Crippen molar-refractivity contribution >= 4 is 23.3 Å². The number of nitrogens with zero attached hydrogens (tertiary/aromatic N) is 2. The molecule has 2 N–H and O–H groups in total. The molecule has 0 aliphatic heterocycles. The number of aromatic nitrogens is 1. The van der Waals surface area contributed by atoms with Crippen LogP contribution >= 0.6 is 11.6 Å². The third-order valence-corrected chi connectivity index (χ3v) is 3.30. The van der Waals surface area contributed by atoms with E-state index in [9.17, 15) is 4.79 Å². The van der Waals surface area contributed by atoms with Crippen molar-refractivity contribution in [3.8, 4) is 11.8 Å². The number of methoxy groups -OCH3 is 1. The summed E-state index contributed by atoms with van der Waals surface area (Å²) in [5.41, 5.74) is 0.830. The van der Waals surface area contributed by atoms with Crippen LogP contribution in [-0.2, 0) is 11.3 Å². The summed E-state index contributed by atoms with van der Waals surface area (Å²) in [6.45, 7) is 0.303. The average molecular weight is 343 g/mol. The SMILES string of the molecule is COc1ccc(CNC(=O)/C(C#N)=C\Nc2cc(Cl)ccn2)cc1. The van der Waals surface area contributed by atoms with Crippen LogP contribution in [0.2, 0.25) is 5.02 Å². The molecule has 1 aromatic heterocycles. The summed E-state index contributed by atoms with van der Waals surface area (Å²) in [6.07, 6.45) is 2.82. The van der Waals surface area contributed by atoms with E-state index in [-0.39, 0.29) is 5.57 Å². The van der Waals surface area contributed by atoms with Gasteiger partial charge in [-0.05, 0) is 29.8 Å². The molecule has 0 saturated carbocycles. The Labute approximate surface area is 144 Å². The van der Waals surface area contributed by atoms with Crippen LogP contribution in [-0.4, -0.2) is 18.0 Å². The summed E-state index contributed by atoms with van der Waals surface area (Å²) in [5, 5.41) is 15.1. The summed E-state index contributed by atoms with van der Waals surface area (Å²) in [4.78, 5) is 16.1. The fraction of sp³-hybridized carbons (Fsp3) is 0.118. The molecule has 0 aliphatic rings. The first kappa shape index (κ1) is 17.3. The van der Waals surface area contributed by atoms with Gasteiger partial charge in [-0.2, -0.15) is 5.26 Å². The maximum absolute atomic E-state index is 12.0. The highest BCUT2D eigenvalue weighted by Crippen LogP contribution is 2.13. The van der Waals surface area contributed by atoms with Gasteiger partial charge in [0.15, 0.2) is 0 Å². The number of pyridine rings is 1. The Morgan fingerprint density at radius 2 is 2.12 bits per heavy atom. The van der Waals surface area contributed by atoms with Crippen LogP contribution in [0.4, 0.5) is 5.82 Å². The summed E-state index contributed by atoms with van der Waals surface area (Å²) in [7, 11) is 1.59. The van der Waals surface area contributed by atoms with Gasteiger partial charge in [0.1, 0.15) is 23.2 Å². The van der Waals surface area contributed by atoms with Crippen LogP contribution in [0.1, 0.15) is 5.56 Å². The van der Waals surface area contributed by atoms with Crippen LogP contribution in [0.3, 0.4) is 0 Å². The van der Waals surface area contributed by atoms with Crippen molar-refractivity contribution < 1.29 is 9.53 Å². The van der Waals surface area contributed by atoms with Gasteiger partial charge in [0.05, 0.1) is 7.11 Å². The number of ether oxygens (including phenoxy) is 1. The standard InChI is InChI=1S/C17H15ClN4O2/c1-24-15-4-2-12(3-5-15)10-22-17(23)13(9-19)11-21-16-8-14(18)6-7-20-16/h2-8,11H,10H2,1H3,(H,20,21)(H,22,23)/b13-11-. The first-order valence-corrected chi connectivity index (χ1v) is 7.39. The normalized spacial score (nSPS) is 10.6. The van der Waals surface area contributed by atoms with Crippen LogP contribution in [0.25, 0.3) is 0 Å². The molecule has 0 atom stereocenters. The van der Waals surface area contributed by atoms with Crippen molar-refractivity contribution in [1.82, 2.24) is 10.3 Å². The fourth-order valence-corrected chi connectivity index (χ4v) is 1.96.